The standard InChI is InChI=1S/C22H24N4O4/c1-4-26-11-14-6-5-13(9-18(14)25-26)17-8-7-15(20(27)23-17)16(12(2)3)10-19-21(28)24-22(29)30-19/h5-9,11-12,16,19H,4,10H2,1-3H3,(H,23,27)(H,24,28,29). The Morgan fingerprint density at radius 1 is 1.17 bits per heavy atom. The number of amides is 2. The molecular weight excluding hydrogens is 384 g/mol. The van der Waals surface area contributed by atoms with Gasteiger partial charge in [-0.1, -0.05) is 32.0 Å². The Kier molecular flexibility index (Phi) is 5.15. The molecule has 0 aliphatic carbocycles. The number of fused-ring (bicyclic) bond motifs is 1. The predicted octanol–water partition coefficient (Wildman–Crippen LogP) is 3.18. The molecule has 1 aliphatic rings. The number of aryl methyl sites for hydroxylation is 1. The first kappa shape index (κ1) is 19.9. The Morgan fingerprint density at radius 2 is 1.97 bits per heavy atom. The van der Waals surface area contributed by atoms with Gasteiger partial charge in [0, 0.05) is 41.4 Å². The first-order valence-electron chi connectivity index (χ1n) is 10.1. The van der Waals surface area contributed by atoms with Crippen molar-refractivity contribution in [1.29, 1.82) is 0 Å². The number of alkyl carbamates (subject to hydrolysis) is 1. The van der Waals surface area contributed by atoms with Gasteiger partial charge in [0.15, 0.2) is 6.10 Å². The fraction of sp³-hybridized carbons (Fsp3) is 0.364. The van der Waals surface area contributed by atoms with Crippen LogP contribution in [0.1, 0.15) is 38.7 Å². The van der Waals surface area contributed by atoms with Crippen LogP contribution in [0, 0.1) is 5.92 Å². The minimum atomic E-state index is -0.875. The number of H-pyrrole nitrogens is 1. The smallest absolute Gasteiger partial charge is 0.414 e. The van der Waals surface area contributed by atoms with Crippen LogP contribution in [-0.4, -0.2) is 32.9 Å². The average molecular weight is 408 g/mol. The van der Waals surface area contributed by atoms with Gasteiger partial charge in [-0.05, 0) is 30.9 Å². The normalized spacial score (nSPS) is 17.4. The molecule has 1 aromatic carbocycles. The molecule has 3 aromatic rings. The lowest BCUT2D eigenvalue weighted by Crippen LogP contribution is -2.29. The molecule has 0 saturated carbocycles. The Balaban J connectivity index is 1.63. The Hall–Kier alpha value is -3.42. The number of hydrogen-bond donors (Lipinski definition) is 2. The van der Waals surface area contributed by atoms with Gasteiger partial charge in [0.25, 0.3) is 11.5 Å². The molecule has 2 N–H and O–H groups in total. The summed E-state index contributed by atoms with van der Waals surface area (Å²) in [7, 11) is 0. The van der Waals surface area contributed by atoms with Gasteiger partial charge in [-0.15, -0.1) is 0 Å². The topological polar surface area (TPSA) is 106 Å². The van der Waals surface area contributed by atoms with Crippen molar-refractivity contribution in [3.8, 4) is 11.3 Å². The van der Waals surface area contributed by atoms with Crippen LogP contribution in [0.25, 0.3) is 22.2 Å². The van der Waals surface area contributed by atoms with E-state index in [1.54, 1.807) is 6.07 Å². The third kappa shape index (κ3) is 3.72. The summed E-state index contributed by atoms with van der Waals surface area (Å²) in [5, 5.41) is 7.70. The fourth-order valence-electron chi connectivity index (χ4n) is 3.88. The van der Waals surface area contributed by atoms with Crippen molar-refractivity contribution in [3.05, 3.63) is 52.4 Å². The number of nitrogens with zero attached hydrogens (tertiary/aromatic N) is 2. The van der Waals surface area contributed by atoms with Crippen LogP contribution in [0.5, 0.6) is 0 Å². The lowest BCUT2D eigenvalue weighted by molar-refractivity contribution is -0.123. The Labute approximate surface area is 173 Å². The molecule has 8 nitrogen and oxygen atoms in total. The van der Waals surface area contributed by atoms with E-state index in [1.165, 1.54) is 0 Å². The quantitative estimate of drug-likeness (QED) is 0.652. The summed E-state index contributed by atoms with van der Waals surface area (Å²) in [6.45, 7) is 6.78. The minimum absolute atomic E-state index is 0.0819. The zero-order chi connectivity index (χ0) is 21.4. The van der Waals surface area contributed by atoms with Crippen LogP contribution in [0.2, 0.25) is 0 Å². The number of carbonyl (C=O) groups is 2. The number of cyclic esters (lactones) is 1. The molecule has 156 valence electrons. The van der Waals surface area contributed by atoms with E-state index >= 15 is 0 Å². The SMILES string of the molecule is CCn1cc2ccc(-c3ccc(C(CC4OC(=O)NC4=O)C(C)C)c(=O)[nH]3)cc2n1. The summed E-state index contributed by atoms with van der Waals surface area (Å²) < 4.78 is 6.91. The molecule has 2 atom stereocenters. The van der Waals surface area contributed by atoms with Crippen molar-refractivity contribution in [3.63, 3.8) is 0 Å². The van der Waals surface area contributed by atoms with E-state index in [1.807, 2.05) is 55.9 Å². The molecule has 30 heavy (non-hydrogen) atoms. The number of aromatic nitrogens is 3. The van der Waals surface area contributed by atoms with Crippen LogP contribution in [0.4, 0.5) is 4.79 Å². The summed E-state index contributed by atoms with van der Waals surface area (Å²) >= 11 is 0. The molecule has 2 amide bonds. The maximum absolute atomic E-state index is 12.9. The molecule has 1 saturated heterocycles. The molecule has 0 radical (unpaired) electrons. The summed E-state index contributed by atoms with van der Waals surface area (Å²) in [6.07, 6.45) is 0.639. The summed E-state index contributed by atoms with van der Waals surface area (Å²) in [6, 6.07) is 9.55. The van der Waals surface area contributed by atoms with Gasteiger partial charge in [0.2, 0.25) is 0 Å². The highest BCUT2D eigenvalue weighted by Gasteiger charge is 2.36. The summed E-state index contributed by atoms with van der Waals surface area (Å²) in [5.41, 5.74) is 2.80. The van der Waals surface area contributed by atoms with Gasteiger partial charge in [-0.2, -0.15) is 5.10 Å². The molecule has 2 unspecified atom stereocenters. The Bertz CT molecular complexity index is 1180. The molecule has 8 heteroatoms. The third-order valence-corrected chi connectivity index (χ3v) is 5.57. The van der Waals surface area contributed by atoms with Crippen molar-refractivity contribution >= 4 is 22.9 Å². The number of hydrogen-bond acceptors (Lipinski definition) is 5. The van der Waals surface area contributed by atoms with Gasteiger partial charge in [0.05, 0.1) is 5.52 Å². The van der Waals surface area contributed by atoms with Crippen LogP contribution in [0.15, 0.2) is 41.3 Å². The predicted molar refractivity (Wildman–Crippen MR) is 112 cm³/mol. The van der Waals surface area contributed by atoms with Gasteiger partial charge >= 0.3 is 6.09 Å². The van der Waals surface area contributed by atoms with Crippen molar-refractivity contribution in [2.45, 2.75) is 45.8 Å². The highest BCUT2D eigenvalue weighted by molar-refractivity contribution is 5.99. The van der Waals surface area contributed by atoms with E-state index in [9.17, 15) is 14.4 Å². The third-order valence-electron chi connectivity index (χ3n) is 5.57. The first-order chi connectivity index (χ1) is 14.4. The van der Waals surface area contributed by atoms with Crippen LogP contribution >= 0.6 is 0 Å². The molecule has 0 spiro atoms. The van der Waals surface area contributed by atoms with Gasteiger partial charge in [-0.25, -0.2) is 4.79 Å². The van der Waals surface area contributed by atoms with Gasteiger partial charge in [-0.3, -0.25) is 19.6 Å². The van der Waals surface area contributed by atoms with E-state index in [4.69, 9.17) is 4.74 Å². The Morgan fingerprint density at radius 3 is 2.60 bits per heavy atom. The molecule has 3 heterocycles. The monoisotopic (exact) mass is 408 g/mol. The maximum Gasteiger partial charge on any atom is 0.414 e. The summed E-state index contributed by atoms with van der Waals surface area (Å²) in [4.78, 5) is 39.1. The van der Waals surface area contributed by atoms with Crippen molar-refractivity contribution in [2.24, 2.45) is 5.92 Å². The van der Waals surface area contributed by atoms with E-state index in [2.05, 4.69) is 15.4 Å². The molecule has 4 rings (SSSR count). The number of aromatic amines is 1. The molecular formula is C22H24N4O4. The maximum atomic E-state index is 12.9. The van der Waals surface area contributed by atoms with E-state index in [0.29, 0.717) is 11.3 Å². The minimum Gasteiger partial charge on any atom is -0.436 e. The number of carbonyl (C=O) groups excluding carboxylic acids is 2. The van der Waals surface area contributed by atoms with E-state index in [0.717, 1.165) is 23.0 Å². The zero-order valence-electron chi connectivity index (χ0n) is 17.1. The zero-order valence-corrected chi connectivity index (χ0v) is 17.1. The van der Waals surface area contributed by atoms with Crippen LogP contribution in [-0.2, 0) is 16.1 Å². The second-order valence-corrected chi connectivity index (χ2v) is 7.88. The second-order valence-electron chi connectivity index (χ2n) is 7.88. The lowest BCUT2D eigenvalue weighted by Gasteiger charge is -2.22. The number of nitrogens with one attached hydrogen (secondary N) is 2. The molecule has 0 bridgehead atoms. The largest absolute Gasteiger partial charge is 0.436 e. The van der Waals surface area contributed by atoms with Crippen molar-refractivity contribution in [1.82, 2.24) is 20.1 Å². The van der Waals surface area contributed by atoms with Crippen LogP contribution < -0.4 is 10.9 Å². The molecule has 1 fully saturated rings. The lowest BCUT2D eigenvalue weighted by atomic mass is 9.84. The van der Waals surface area contributed by atoms with Crippen molar-refractivity contribution in [2.75, 3.05) is 0 Å². The number of benzene rings is 1. The van der Waals surface area contributed by atoms with Gasteiger partial charge < -0.3 is 9.72 Å². The molecule has 1 aliphatic heterocycles. The fourth-order valence-corrected chi connectivity index (χ4v) is 3.88. The number of imide groups is 1. The van der Waals surface area contributed by atoms with Crippen molar-refractivity contribution < 1.29 is 14.3 Å². The number of ether oxygens (including phenoxy) is 1. The summed E-state index contributed by atoms with van der Waals surface area (Å²) in [5.74, 6) is -0.607. The van der Waals surface area contributed by atoms with Crippen LogP contribution in [0.3, 0.4) is 0 Å². The molecule has 2 aromatic heterocycles. The highest BCUT2D eigenvalue weighted by atomic mass is 16.6. The second kappa shape index (κ2) is 7.78. The average Bonchev–Trinajstić information content (AvgIpc) is 3.27. The van der Waals surface area contributed by atoms with E-state index in [-0.39, 0.29) is 23.8 Å². The number of rotatable bonds is 6. The number of pyridine rings is 1. The first-order valence-corrected chi connectivity index (χ1v) is 10.1. The highest BCUT2D eigenvalue weighted by Crippen LogP contribution is 2.30. The van der Waals surface area contributed by atoms with E-state index < -0.39 is 18.1 Å². The van der Waals surface area contributed by atoms with Gasteiger partial charge in [0.1, 0.15) is 0 Å².